The van der Waals surface area contributed by atoms with Crippen LogP contribution in [0.2, 0.25) is 0 Å². The lowest BCUT2D eigenvalue weighted by Gasteiger charge is -2.28. The van der Waals surface area contributed by atoms with Gasteiger partial charge in [0.15, 0.2) is 0 Å². The molecule has 2 bridgehead atoms. The molecule has 2 atom stereocenters. The quantitative estimate of drug-likeness (QED) is 0.810. The molecule has 2 fully saturated rings. The molecule has 1 aromatic rings. The fourth-order valence-corrected chi connectivity index (χ4v) is 3.22. The van der Waals surface area contributed by atoms with Crippen LogP contribution < -0.4 is 5.32 Å². The van der Waals surface area contributed by atoms with E-state index in [-0.39, 0.29) is 0 Å². The van der Waals surface area contributed by atoms with E-state index < -0.39 is 0 Å². The van der Waals surface area contributed by atoms with Crippen LogP contribution in [0.1, 0.15) is 24.8 Å². The van der Waals surface area contributed by atoms with Gasteiger partial charge in [-0.05, 0) is 49.4 Å². The largest absolute Gasteiger partial charge is 0.307 e. The third kappa shape index (κ3) is 1.24. The third-order valence-corrected chi connectivity index (χ3v) is 4.27. The van der Waals surface area contributed by atoms with Crippen molar-refractivity contribution in [3.63, 3.8) is 0 Å². The Kier molecular flexibility index (Phi) is 1.96. The second-order valence-corrected chi connectivity index (χ2v) is 5.49. The molecule has 1 aliphatic heterocycles. The van der Waals surface area contributed by atoms with Gasteiger partial charge in [0.05, 0.1) is 0 Å². The Balaban J connectivity index is 1.98. The van der Waals surface area contributed by atoms with E-state index in [9.17, 15) is 0 Å². The highest BCUT2D eigenvalue weighted by atomic mass is 79.9. The molecule has 0 radical (unpaired) electrons. The van der Waals surface area contributed by atoms with E-state index in [1.165, 1.54) is 35.8 Å². The van der Waals surface area contributed by atoms with Gasteiger partial charge in [-0.1, -0.05) is 28.1 Å². The molecular formula is C12H14BrN. The Bertz CT molecular complexity index is 336. The SMILES string of the molecule is Brc1ccc(C23CCC(CN2)C3)cc1. The van der Waals surface area contributed by atoms with E-state index in [1.807, 2.05) is 0 Å². The number of hydrogen-bond donors (Lipinski definition) is 1. The highest BCUT2D eigenvalue weighted by molar-refractivity contribution is 9.10. The summed E-state index contributed by atoms with van der Waals surface area (Å²) in [5.74, 6) is 0.929. The average Bonchev–Trinajstić information content (AvgIpc) is 2.79. The second-order valence-electron chi connectivity index (χ2n) is 4.58. The van der Waals surface area contributed by atoms with Crippen molar-refractivity contribution in [2.45, 2.75) is 24.8 Å². The van der Waals surface area contributed by atoms with Crippen LogP contribution in [-0.2, 0) is 5.54 Å². The standard InChI is InChI=1S/C12H14BrN/c13-11-3-1-10(2-4-11)12-6-5-9(7-12)8-14-12/h1-4,9,14H,5-8H2. The number of rotatable bonds is 1. The van der Waals surface area contributed by atoms with Crippen LogP contribution in [0.25, 0.3) is 0 Å². The molecule has 74 valence electrons. The molecule has 14 heavy (non-hydrogen) atoms. The first-order valence-corrected chi connectivity index (χ1v) is 6.09. The van der Waals surface area contributed by atoms with Gasteiger partial charge < -0.3 is 5.32 Å². The van der Waals surface area contributed by atoms with Crippen LogP contribution in [0.4, 0.5) is 0 Å². The molecule has 1 aliphatic carbocycles. The number of piperidine rings is 1. The van der Waals surface area contributed by atoms with Crippen molar-refractivity contribution >= 4 is 15.9 Å². The average molecular weight is 252 g/mol. The Labute approximate surface area is 93.0 Å². The van der Waals surface area contributed by atoms with E-state index in [0.29, 0.717) is 5.54 Å². The molecule has 1 aromatic carbocycles. The van der Waals surface area contributed by atoms with Crippen LogP contribution in [0.15, 0.2) is 28.7 Å². The van der Waals surface area contributed by atoms with E-state index in [2.05, 4.69) is 45.5 Å². The molecular weight excluding hydrogens is 238 g/mol. The van der Waals surface area contributed by atoms with E-state index >= 15 is 0 Å². The normalized spacial score (nSPS) is 35.1. The van der Waals surface area contributed by atoms with Crippen molar-refractivity contribution in [3.8, 4) is 0 Å². The fraction of sp³-hybridized carbons (Fsp3) is 0.500. The van der Waals surface area contributed by atoms with E-state index in [0.717, 1.165) is 5.92 Å². The second kappa shape index (κ2) is 3.07. The maximum atomic E-state index is 3.69. The van der Waals surface area contributed by atoms with Crippen molar-refractivity contribution in [2.75, 3.05) is 6.54 Å². The Hall–Kier alpha value is -0.340. The Morgan fingerprint density at radius 3 is 2.57 bits per heavy atom. The lowest BCUT2D eigenvalue weighted by atomic mass is 9.89. The summed E-state index contributed by atoms with van der Waals surface area (Å²) in [6, 6.07) is 8.81. The van der Waals surface area contributed by atoms with Crippen LogP contribution in [0.5, 0.6) is 0 Å². The Morgan fingerprint density at radius 1 is 1.29 bits per heavy atom. The van der Waals surface area contributed by atoms with Gasteiger partial charge in [0.1, 0.15) is 0 Å². The van der Waals surface area contributed by atoms with Gasteiger partial charge in [-0.3, -0.25) is 0 Å². The van der Waals surface area contributed by atoms with Crippen molar-refractivity contribution in [1.29, 1.82) is 0 Å². The summed E-state index contributed by atoms with van der Waals surface area (Å²) in [7, 11) is 0. The zero-order chi connectivity index (χ0) is 9.60. The molecule has 1 saturated heterocycles. The molecule has 0 amide bonds. The van der Waals surface area contributed by atoms with Crippen molar-refractivity contribution in [3.05, 3.63) is 34.3 Å². The van der Waals surface area contributed by atoms with Gasteiger partial charge in [0, 0.05) is 10.0 Å². The molecule has 2 aliphatic rings. The number of nitrogens with one attached hydrogen (secondary N) is 1. The molecule has 2 heteroatoms. The van der Waals surface area contributed by atoms with Crippen LogP contribution in [0.3, 0.4) is 0 Å². The van der Waals surface area contributed by atoms with Crippen molar-refractivity contribution in [2.24, 2.45) is 5.92 Å². The number of halogens is 1. The monoisotopic (exact) mass is 251 g/mol. The third-order valence-electron chi connectivity index (χ3n) is 3.74. The zero-order valence-corrected chi connectivity index (χ0v) is 9.68. The highest BCUT2D eigenvalue weighted by Crippen LogP contribution is 2.46. The highest BCUT2D eigenvalue weighted by Gasteiger charge is 2.45. The molecule has 2 unspecified atom stereocenters. The molecule has 0 aromatic heterocycles. The van der Waals surface area contributed by atoms with E-state index in [4.69, 9.17) is 0 Å². The fourth-order valence-electron chi connectivity index (χ4n) is 2.96. The van der Waals surface area contributed by atoms with Gasteiger partial charge in [0.25, 0.3) is 0 Å². The molecule has 3 rings (SSSR count). The maximum absolute atomic E-state index is 3.69. The van der Waals surface area contributed by atoms with Crippen LogP contribution in [-0.4, -0.2) is 6.54 Å². The zero-order valence-electron chi connectivity index (χ0n) is 8.09. The first-order chi connectivity index (χ1) is 6.78. The lowest BCUT2D eigenvalue weighted by molar-refractivity contribution is 0.373. The minimum Gasteiger partial charge on any atom is -0.307 e. The minimum absolute atomic E-state index is 0.325. The van der Waals surface area contributed by atoms with Gasteiger partial charge in [-0.2, -0.15) is 0 Å². The molecule has 0 spiro atoms. The molecule has 1 N–H and O–H groups in total. The summed E-state index contributed by atoms with van der Waals surface area (Å²) in [5.41, 5.74) is 1.80. The maximum Gasteiger partial charge on any atom is 0.0437 e. The van der Waals surface area contributed by atoms with Crippen LogP contribution in [0, 0.1) is 5.92 Å². The van der Waals surface area contributed by atoms with Gasteiger partial charge in [-0.25, -0.2) is 0 Å². The number of benzene rings is 1. The van der Waals surface area contributed by atoms with Crippen LogP contribution >= 0.6 is 15.9 Å². The summed E-state index contributed by atoms with van der Waals surface area (Å²) >= 11 is 3.48. The summed E-state index contributed by atoms with van der Waals surface area (Å²) in [4.78, 5) is 0. The van der Waals surface area contributed by atoms with Gasteiger partial charge >= 0.3 is 0 Å². The predicted molar refractivity (Wildman–Crippen MR) is 61.2 cm³/mol. The topological polar surface area (TPSA) is 12.0 Å². The molecule has 1 nitrogen and oxygen atoms in total. The van der Waals surface area contributed by atoms with Gasteiger partial charge in [0.2, 0.25) is 0 Å². The smallest absolute Gasteiger partial charge is 0.0437 e. The summed E-state index contributed by atoms with van der Waals surface area (Å²) in [6.07, 6.45) is 4.07. The lowest BCUT2D eigenvalue weighted by Crippen LogP contribution is -2.37. The first-order valence-electron chi connectivity index (χ1n) is 5.30. The first kappa shape index (κ1) is 8.93. The summed E-state index contributed by atoms with van der Waals surface area (Å²) in [6.45, 7) is 1.22. The molecule has 1 heterocycles. The van der Waals surface area contributed by atoms with Crippen molar-refractivity contribution < 1.29 is 0 Å². The molecule has 1 saturated carbocycles. The predicted octanol–water partition coefficient (Wildman–Crippen LogP) is 3.05. The summed E-state index contributed by atoms with van der Waals surface area (Å²) < 4.78 is 1.17. The van der Waals surface area contributed by atoms with Crippen molar-refractivity contribution in [1.82, 2.24) is 5.32 Å². The number of hydrogen-bond acceptors (Lipinski definition) is 1. The minimum atomic E-state index is 0.325. The summed E-state index contributed by atoms with van der Waals surface area (Å²) in [5, 5.41) is 3.69. The van der Waals surface area contributed by atoms with Gasteiger partial charge in [-0.15, -0.1) is 0 Å². The number of fused-ring (bicyclic) bond motifs is 2. The van der Waals surface area contributed by atoms with E-state index in [1.54, 1.807) is 0 Å². The Morgan fingerprint density at radius 2 is 2.07 bits per heavy atom.